The molecule has 0 unspecified atom stereocenters. The molecule has 1 aliphatic carbocycles. The van der Waals surface area contributed by atoms with Gasteiger partial charge in [-0.15, -0.1) is 0 Å². The molecule has 2 aromatic carbocycles. The number of anilines is 2. The zero-order valence-electron chi connectivity index (χ0n) is 18.8. The van der Waals surface area contributed by atoms with Crippen molar-refractivity contribution in [2.45, 2.75) is 30.7 Å². The first kappa shape index (κ1) is 23.3. The number of hydrogen-bond acceptors (Lipinski definition) is 5. The molecule has 5 rings (SSSR count). The van der Waals surface area contributed by atoms with E-state index in [9.17, 15) is 14.4 Å². The molecule has 0 bridgehead atoms. The third kappa shape index (κ3) is 4.05. The molecule has 3 aromatic rings. The molecular formula is C26H21Cl2N3O4. The summed E-state index contributed by atoms with van der Waals surface area (Å²) in [5.74, 6) is -0.476. The van der Waals surface area contributed by atoms with Crippen molar-refractivity contribution in [3.8, 4) is 0 Å². The van der Waals surface area contributed by atoms with Crippen LogP contribution in [-0.4, -0.2) is 35.9 Å². The van der Waals surface area contributed by atoms with Gasteiger partial charge < -0.3 is 10.1 Å². The number of nitrogens with zero attached hydrogens (tertiary/aromatic N) is 2. The van der Waals surface area contributed by atoms with Crippen LogP contribution in [0.4, 0.5) is 11.5 Å². The van der Waals surface area contributed by atoms with Crippen LogP contribution in [0.1, 0.15) is 34.3 Å². The molecule has 1 spiro atoms. The highest BCUT2D eigenvalue weighted by Gasteiger charge is 2.60. The predicted molar refractivity (Wildman–Crippen MR) is 132 cm³/mol. The van der Waals surface area contributed by atoms with Crippen LogP contribution in [0.3, 0.4) is 0 Å². The van der Waals surface area contributed by atoms with E-state index in [4.69, 9.17) is 27.9 Å². The van der Waals surface area contributed by atoms with Crippen LogP contribution in [0, 0.1) is 0 Å². The molecule has 1 atom stereocenters. The smallest absolute Gasteiger partial charge is 0.328 e. The van der Waals surface area contributed by atoms with Gasteiger partial charge in [0, 0.05) is 18.2 Å². The summed E-state index contributed by atoms with van der Waals surface area (Å²) in [6.45, 7) is 0. The fraction of sp³-hybridized carbons (Fsp3) is 0.231. The van der Waals surface area contributed by atoms with E-state index in [2.05, 4.69) is 10.3 Å². The summed E-state index contributed by atoms with van der Waals surface area (Å²) in [6, 6.07) is 14.8. The minimum absolute atomic E-state index is 0.0373. The zero-order valence-corrected chi connectivity index (χ0v) is 20.3. The lowest BCUT2D eigenvalue weighted by atomic mass is 10.00. The van der Waals surface area contributed by atoms with Crippen molar-refractivity contribution in [2.24, 2.45) is 0 Å². The first-order chi connectivity index (χ1) is 16.9. The van der Waals surface area contributed by atoms with Gasteiger partial charge >= 0.3 is 5.97 Å². The Hall–Kier alpha value is -3.42. The lowest BCUT2D eigenvalue weighted by Crippen LogP contribution is -2.43. The van der Waals surface area contributed by atoms with Crippen LogP contribution in [-0.2, 0) is 26.2 Å². The highest BCUT2D eigenvalue weighted by molar-refractivity contribution is 6.39. The number of benzene rings is 2. The Morgan fingerprint density at radius 3 is 2.40 bits per heavy atom. The maximum Gasteiger partial charge on any atom is 0.328 e. The quantitative estimate of drug-likeness (QED) is 0.490. The summed E-state index contributed by atoms with van der Waals surface area (Å²) in [5.41, 5.74) is 2.09. The Morgan fingerprint density at radius 1 is 1.09 bits per heavy atom. The highest BCUT2D eigenvalue weighted by atomic mass is 35.5. The number of carbonyl (C=O) groups excluding carboxylic acids is 3. The van der Waals surface area contributed by atoms with Gasteiger partial charge in [0.15, 0.2) is 0 Å². The molecule has 2 aliphatic rings. The van der Waals surface area contributed by atoms with E-state index in [0.717, 1.165) is 24.0 Å². The Bertz CT molecular complexity index is 1320. The van der Waals surface area contributed by atoms with Crippen molar-refractivity contribution in [3.05, 3.63) is 87.5 Å². The highest BCUT2D eigenvalue weighted by Crippen LogP contribution is 2.58. The van der Waals surface area contributed by atoms with Crippen LogP contribution < -0.4 is 10.2 Å². The molecule has 35 heavy (non-hydrogen) atoms. The number of aromatic nitrogens is 1. The number of carbonyl (C=O) groups is 3. The number of nitrogens with one attached hydrogen (secondary N) is 1. The maximum atomic E-state index is 13.2. The van der Waals surface area contributed by atoms with E-state index >= 15 is 0 Å². The number of pyridine rings is 1. The second-order valence-corrected chi connectivity index (χ2v) is 9.43. The van der Waals surface area contributed by atoms with Crippen molar-refractivity contribution in [3.63, 3.8) is 0 Å². The van der Waals surface area contributed by atoms with Crippen LogP contribution in [0.2, 0.25) is 10.0 Å². The van der Waals surface area contributed by atoms with Gasteiger partial charge in [-0.1, -0.05) is 47.5 Å². The Labute approximate surface area is 212 Å². The summed E-state index contributed by atoms with van der Waals surface area (Å²) in [7, 11) is 1.25. The van der Waals surface area contributed by atoms with Gasteiger partial charge in [-0.3, -0.25) is 14.5 Å². The van der Waals surface area contributed by atoms with E-state index in [0.29, 0.717) is 11.5 Å². The summed E-state index contributed by atoms with van der Waals surface area (Å²) in [4.78, 5) is 44.6. The normalized spacial score (nSPS) is 16.1. The lowest BCUT2D eigenvalue weighted by Gasteiger charge is -2.19. The molecule has 2 amide bonds. The van der Waals surface area contributed by atoms with E-state index in [1.54, 1.807) is 29.3 Å². The van der Waals surface area contributed by atoms with Gasteiger partial charge in [0.25, 0.3) is 5.91 Å². The summed E-state index contributed by atoms with van der Waals surface area (Å²) >= 11 is 12.3. The number of rotatable bonds is 6. The predicted octanol–water partition coefficient (Wildman–Crippen LogP) is 4.61. The van der Waals surface area contributed by atoms with Crippen molar-refractivity contribution in [1.82, 2.24) is 10.3 Å². The SMILES string of the molecule is COC(=O)[C@H](Cc1ccc(N2C(=O)C3(CC3)c3cccnc32)cc1)NC(=O)c1c(Cl)cccc1Cl. The third-order valence-corrected chi connectivity index (χ3v) is 7.12. The van der Waals surface area contributed by atoms with Crippen molar-refractivity contribution in [1.29, 1.82) is 0 Å². The van der Waals surface area contributed by atoms with Gasteiger partial charge in [0.05, 0.1) is 33.8 Å². The Kier molecular flexibility index (Phi) is 5.99. The summed E-state index contributed by atoms with van der Waals surface area (Å²) in [6.07, 6.45) is 3.52. The fourth-order valence-corrected chi connectivity index (χ4v) is 5.09. The first-order valence-corrected chi connectivity index (χ1v) is 11.8. The minimum atomic E-state index is -0.962. The van der Waals surface area contributed by atoms with Gasteiger partial charge in [-0.05, 0) is 48.7 Å². The second kappa shape index (κ2) is 8.98. The monoisotopic (exact) mass is 509 g/mol. The first-order valence-electron chi connectivity index (χ1n) is 11.1. The number of fused-ring (bicyclic) bond motifs is 2. The standard InChI is InChI=1S/C26H21Cl2N3O4/c1-35-24(33)20(30-23(32)21-18(27)5-2-6-19(21)28)14-15-7-9-16(10-8-15)31-22-17(4-3-13-29-22)26(11-12-26)25(31)34/h2-10,13,20H,11-12,14H2,1H3,(H,30,32)/t20-/m0/s1. The zero-order chi connectivity index (χ0) is 24.7. The van der Waals surface area contributed by atoms with Crippen molar-refractivity contribution >= 4 is 52.5 Å². The summed E-state index contributed by atoms with van der Waals surface area (Å²) < 4.78 is 4.89. The average Bonchev–Trinajstić information content (AvgIpc) is 3.62. The molecule has 0 saturated heterocycles. The fourth-order valence-electron chi connectivity index (χ4n) is 4.52. The molecule has 9 heteroatoms. The number of hydrogen-bond donors (Lipinski definition) is 1. The minimum Gasteiger partial charge on any atom is -0.467 e. The lowest BCUT2D eigenvalue weighted by molar-refractivity contribution is -0.142. The summed E-state index contributed by atoms with van der Waals surface area (Å²) in [5, 5.41) is 3.03. The van der Waals surface area contributed by atoms with Crippen LogP contribution in [0.15, 0.2) is 60.8 Å². The van der Waals surface area contributed by atoms with Crippen molar-refractivity contribution in [2.75, 3.05) is 12.0 Å². The maximum absolute atomic E-state index is 13.2. The van der Waals surface area contributed by atoms with Gasteiger partial charge in [-0.2, -0.15) is 0 Å². The van der Waals surface area contributed by atoms with Crippen LogP contribution in [0.5, 0.6) is 0 Å². The van der Waals surface area contributed by atoms with Crippen LogP contribution in [0.25, 0.3) is 0 Å². The molecular weight excluding hydrogens is 489 g/mol. The number of amides is 2. The molecule has 0 radical (unpaired) electrons. The molecule has 1 saturated carbocycles. The molecule has 1 aromatic heterocycles. The Balaban J connectivity index is 1.36. The number of methoxy groups -OCH3 is 1. The molecule has 1 N–H and O–H groups in total. The molecule has 1 aliphatic heterocycles. The molecule has 178 valence electrons. The van der Waals surface area contributed by atoms with E-state index in [1.165, 1.54) is 7.11 Å². The average molecular weight is 510 g/mol. The van der Waals surface area contributed by atoms with E-state index < -0.39 is 23.3 Å². The van der Waals surface area contributed by atoms with E-state index in [-0.39, 0.29) is 27.9 Å². The number of esters is 1. The van der Waals surface area contributed by atoms with Crippen molar-refractivity contribution < 1.29 is 19.1 Å². The molecule has 7 nitrogen and oxygen atoms in total. The molecule has 1 fully saturated rings. The Morgan fingerprint density at radius 2 is 1.77 bits per heavy atom. The van der Waals surface area contributed by atoms with E-state index in [1.807, 2.05) is 36.4 Å². The van der Waals surface area contributed by atoms with Crippen LogP contribution >= 0.6 is 23.2 Å². The second-order valence-electron chi connectivity index (χ2n) is 8.61. The number of ether oxygens (including phenoxy) is 1. The molecule has 2 heterocycles. The number of halogens is 2. The van der Waals surface area contributed by atoms with Gasteiger partial charge in [0.1, 0.15) is 11.9 Å². The topological polar surface area (TPSA) is 88.6 Å². The largest absolute Gasteiger partial charge is 0.467 e. The van der Waals surface area contributed by atoms with Gasteiger partial charge in [-0.25, -0.2) is 9.78 Å². The third-order valence-electron chi connectivity index (χ3n) is 6.49. The van der Waals surface area contributed by atoms with Gasteiger partial charge in [0.2, 0.25) is 5.91 Å².